The number of benzene rings is 4. The van der Waals surface area contributed by atoms with E-state index in [-0.39, 0.29) is 0 Å². The first-order valence-electron chi connectivity index (χ1n) is 9.13. The van der Waals surface area contributed by atoms with E-state index in [2.05, 4.69) is 6.07 Å². The summed E-state index contributed by atoms with van der Waals surface area (Å²) in [4.78, 5) is 23.0. The van der Waals surface area contributed by atoms with Gasteiger partial charge in [-0.1, -0.05) is 36.4 Å². The molecule has 0 atom stereocenters. The van der Waals surface area contributed by atoms with E-state index in [1.807, 2.05) is 24.3 Å². The lowest BCUT2D eigenvalue weighted by molar-refractivity contribution is -0.120. The number of carbonyl (C=O) groups excluding carboxylic acids is 2. The van der Waals surface area contributed by atoms with E-state index in [0.717, 1.165) is 21.9 Å². The normalized spacial score (nSPS) is 10.2. The van der Waals surface area contributed by atoms with E-state index in [4.69, 9.17) is 14.7 Å². The van der Waals surface area contributed by atoms with Gasteiger partial charge in [0.15, 0.2) is 0 Å². The smallest absolute Gasteiger partial charge is 0.343 e. The van der Waals surface area contributed by atoms with E-state index in [1.54, 1.807) is 60.7 Å². The van der Waals surface area contributed by atoms with E-state index in [1.165, 1.54) is 0 Å². The lowest BCUT2D eigenvalue weighted by atomic mass is 10.0. The van der Waals surface area contributed by atoms with Gasteiger partial charge in [-0.05, 0) is 70.4 Å². The molecule has 0 heterocycles. The summed E-state index contributed by atoms with van der Waals surface area (Å²) < 4.78 is 10.3. The standard InChI is InChI=1S/C25H15NO4/c26-15-17-1-3-18(4-2-17)19-7-10-23(11-8-19)30-25(28)22-6-5-21-14-24(29-16-27)12-9-20(21)13-22/h1-14,16H. The van der Waals surface area contributed by atoms with Crippen molar-refractivity contribution in [3.05, 3.63) is 96.1 Å². The zero-order valence-electron chi connectivity index (χ0n) is 15.7. The van der Waals surface area contributed by atoms with Crippen molar-refractivity contribution in [1.29, 1.82) is 5.26 Å². The highest BCUT2D eigenvalue weighted by atomic mass is 16.5. The average molecular weight is 393 g/mol. The summed E-state index contributed by atoms with van der Waals surface area (Å²) in [5.41, 5.74) is 2.95. The van der Waals surface area contributed by atoms with Crippen LogP contribution in [-0.4, -0.2) is 12.4 Å². The molecule has 0 N–H and O–H groups in total. The van der Waals surface area contributed by atoms with Gasteiger partial charge in [0.05, 0.1) is 17.2 Å². The Kier molecular flexibility index (Phi) is 5.23. The molecule has 0 aromatic heterocycles. The van der Waals surface area contributed by atoms with Crippen LogP contribution < -0.4 is 9.47 Å². The van der Waals surface area contributed by atoms with Gasteiger partial charge in [-0.15, -0.1) is 0 Å². The van der Waals surface area contributed by atoms with Crippen LogP contribution in [0.3, 0.4) is 0 Å². The van der Waals surface area contributed by atoms with Crippen molar-refractivity contribution in [2.45, 2.75) is 0 Å². The molecule has 4 aromatic carbocycles. The van der Waals surface area contributed by atoms with Gasteiger partial charge in [-0.3, -0.25) is 4.79 Å². The summed E-state index contributed by atoms with van der Waals surface area (Å²) in [6.45, 7) is 0.375. The number of carbonyl (C=O) groups is 2. The maximum absolute atomic E-state index is 12.5. The van der Waals surface area contributed by atoms with Crippen LogP contribution in [-0.2, 0) is 4.79 Å². The molecule has 0 aliphatic carbocycles. The second kappa shape index (κ2) is 8.29. The molecule has 0 bridgehead atoms. The molecular weight excluding hydrogens is 378 g/mol. The summed E-state index contributed by atoms with van der Waals surface area (Å²) >= 11 is 0. The summed E-state index contributed by atoms with van der Waals surface area (Å²) in [5.74, 6) is 0.415. The first-order valence-corrected chi connectivity index (χ1v) is 9.13. The van der Waals surface area contributed by atoms with Gasteiger partial charge in [-0.2, -0.15) is 5.26 Å². The second-order valence-electron chi connectivity index (χ2n) is 6.54. The first-order chi connectivity index (χ1) is 14.7. The van der Waals surface area contributed by atoms with Gasteiger partial charge in [-0.25, -0.2) is 4.79 Å². The highest BCUT2D eigenvalue weighted by molar-refractivity contribution is 5.96. The molecule has 5 heteroatoms. The maximum Gasteiger partial charge on any atom is 0.343 e. The molecule has 0 aliphatic rings. The molecule has 4 rings (SSSR count). The third-order valence-corrected chi connectivity index (χ3v) is 4.64. The Labute approximate surface area is 172 Å². The summed E-state index contributed by atoms with van der Waals surface area (Å²) in [5, 5.41) is 10.6. The number of nitrogens with zero attached hydrogens (tertiary/aromatic N) is 1. The molecule has 0 aliphatic heterocycles. The van der Waals surface area contributed by atoms with Crippen LogP contribution in [0, 0.1) is 11.3 Å². The van der Waals surface area contributed by atoms with Crippen molar-refractivity contribution in [2.75, 3.05) is 0 Å². The number of rotatable bonds is 5. The number of ether oxygens (including phenoxy) is 2. The fourth-order valence-electron chi connectivity index (χ4n) is 3.10. The largest absolute Gasteiger partial charge is 0.429 e. The Morgan fingerprint density at radius 2 is 1.37 bits per heavy atom. The Bertz CT molecular complexity index is 1270. The van der Waals surface area contributed by atoms with E-state index < -0.39 is 5.97 Å². The van der Waals surface area contributed by atoms with Gasteiger partial charge in [0.25, 0.3) is 6.47 Å². The Morgan fingerprint density at radius 1 is 0.767 bits per heavy atom. The van der Waals surface area contributed by atoms with Crippen molar-refractivity contribution >= 4 is 23.2 Å². The van der Waals surface area contributed by atoms with Crippen molar-refractivity contribution in [1.82, 2.24) is 0 Å². The fourth-order valence-corrected chi connectivity index (χ4v) is 3.10. The molecule has 0 spiro atoms. The summed E-state index contributed by atoms with van der Waals surface area (Å²) in [6.07, 6.45) is 0. The minimum Gasteiger partial charge on any atom is -0.429 e. The second-order valence-corrected chi connectivity index (χ2v) is 6.54. The molecule has 0 saturated heterocycles. The molecule has 0 fully saturated rings. The number of fused-ring (bicyclic) bond motifs is 1. The highest BCUT2D eigenvalue weighted by Crippen LogP contribution is 2.25. The van der Waals surface area contributed by atoms with Crippen LogP contribution in [0.1, 0.15) is 15.9 Å². The zero-order chi connectivity index (χ0) is 20.9. The fraction of sp³-hybridized carbons (Fsp3) is 0. The topological polar surface area (TPSA) is 76.4 Å². The monoisotopic (exact) mass is 393 g/mol. The quantitative estimate of drug-likeness (QED) is 0.267. The van der Waals surface area contributed by atoms with Crippen molar-refractivity contribution in [3.63, 3.8) is 0 Å². The third-order valence-electron chi connectivity index (χ3n) is 4.64. The lowest BCUT2D eigenvalue weighted by Gasteiger charge is -2.08. The molecule has 0 saturated carbocycles. The van der Waals surface area contributed by atoms with Gasteiger partial charge < -0.3 is 9.47 Å². The van der Waals surface area contributed by atoms with Gasteiger partial charge in [0.1, 0.15) is 11.5 Å². The van der Waals surface area contributed by atoms with Crippen LogP contribution in [0.25, 0.3) is 21.9 Å². The summed E-state index contributed by atoms with van der Waals surface area (Å²) in [7, 11) is 0. The Morgan fingerprint density at radius 3 is 2.03 bits per heavy atom. The number of hydrogen-bond donors (Lipinski definition) is 0. The van der Waals surface area contributed by atoms with E-state index >= 15 is 0 Å². The molecule has 144 valence electrons. The molecule has 0 unspecified atom stereocenters. The van der Waals surface area contributed by atoms with Gasteiger partial charge in [0.2, 0.25) is 0 Å². The number of nitriles is 1. The average Bonchev–Trinajstić information content (AvgIpc) is 2.79. The number of hydrogen-bond acceptors (Lipinski definition) is 5. The lowest BCUT2D eigenvalue weighted by Crippen LogP contribution is -2.08. The highest BCUT2D eigenvalue weighted by Gasteiger charge is 2.10. The van der Waals surface area contributed by atoms with Crippen LogP contribution in [0.2, 0.25) is 0 Å². The van der Waals surface area contributed by atoms with Crippen LogP contribution in [0.4, 0.5) is 0 Å². The van der Waals surface area contributed by atoms with Crippen LogP contribution >= 0.6 is 0 Å². The van der Waals surface area contributed by atoms with Crippen molar-refractivity contribution in [2.24, 2.45) is 0 Å². The van der Waals surface area contributed by atoms with E-state index in [9.17, 15) is 9.59 Å². The Balaban J connectivity index is 1.49. The van der Waals surface area contributed by atoms with Crippen LogP contribution in [0.15, 0.2) is 84.9 Å². The van der Waals surface area contributed by atoms with Crippen molar-refractivity contribution in [3.8, 4) is 28.7 Å². The van der Waals surface area contributed by atoms with E-state index in [0.29, 0.717) is 29.1 Å². The molecule has 0 radical (unpaired) electrons. The molecule has 0 amide bonds. The first kappa shape index (κ1) is 18.9. The SMILES string of the molecule is N#Cc1ccc(-c2ccc(OC(=O)c3ccc4cc(OC=O)ccc4c3)cc2)cc1. The molecule has 5 nitrogen and oxygen atoms in total. The van der Waals surface area contributed by atoms with Crippen LogP contribution in [0.5, 0.6) is 11.5 Å². The van der Waals surface area contributed by atoms with Gasteiger partial charge in [0, 0.05) is 0 Å². The van der Waals surface area contributed by atoms with Gasteiger partial charge >= 0.3 is 5.97 Å². The Hall–Kier alpha value is -4.43. The maximum atomic E-state index is 12.5. The van der Waals surface area contributed by atoms with Crippen molar-refractivity contribution < 1.29 is 19.1 Å². The molecular formula is C25H15NO4. The third kappa shape index (κ3) is 4.03. The predicted octanol–water partition coefficient (Wildman–Crippen LogP) is 5.13. The summed E-state index contributed by atoms with van der Waals surface area (Å²) in [6, 6.07) is 26.9. The minimum absolute atomic E-state index is 0.375. The predicted molar refractivity (Wildman–Crippen MR) is 112 cm³/mol. The minimum atomic E-state index is -0.462. The molecule has 30 heavy (non-hydrogen) atoms. The zero-order valence-corrected chi connectivity index (χ0v) is 15.7. The molecule has 4 aromatic rings. The number of esters is 1.